The van der Waals surface area contributed by atoms with E-state index in [1.165, 1.54) is 0 Å². The van der Waals surface area contributed by atoms with Crippen molar-refractivity contribution in [2.45, 2.75) is 17.4 Å². The van der Waals surface area contributed by atoms with Gasteiger partial charge in [0.15, 0.2) is 9.84 Å². The maximum absolute atomic E-state index is 13.4. The summed E-state index contributed by atoms with van der Waals surface area (Å²) < 4.78 is 50.0. The van der Waals surface area contributed by atoms with Gasteiger partial charge in [-0.15, -0.1) is 0 Å². The first-order chi connectivity index (χ1) is 8.40. The summed E-state index contributed by atoms with van der Waals surface area (Å²) in [5.41, 5.74) is 0. The van der Waals surface area contributed by atoms with Crippen LogP contribution in [-0.2, 0) is 9.84 Å². The van der Waals surface area contributed by atoms with Gasteiger partial charge in [0.1, 0.15) is 16.5 Å². The fourth-order valence-corrected chi connectivity index (χ4v) is 3.22. The third kappa shape index (κ3) is 3.72. The first-order valence-electron chi connectivity index (χ1n) is 5.36. The Morgan fingerprint density at radius 3 is 2.56 bits per heavy atom. The van der Waals surface area contributed by atoms with Gasteiger partial charge < -0.3 is 10.4 Å². The topological polar surface area (TPSA) is 66.4 Å². The Labute approximate surface area is 105 Å². The third-order valence-electron chi connectivity index (χ3n) is 2.54. The molecule has 18 heavy (non-hydrogen) atoms. The Hall–Kier alpha value is -1.05. The van der Waals surface area contributed by atoms with E-state index in [0.717, 1.165) is 12.1 Å². The lowest BCUT2D eigenvalue weighted by molar-refractivity contribution is 0.272. The molecule has 0 saturated heterocycles. The Kier molecular flexibility index (Phi) is 5.18. The zero-order valence-corrected chi connectivity index (χ0v) is 10.7. The summed E-state index contributed by atoms with van der Waals surface area (Å²) in [6, 6.07) is 1.86. The SMILES string of the molecule is CNC(CCO)CS(=O)(=O)c1ccc(F)cc1F. The fourth-order valence-electron chi connectivity index (χ4n) is 1.55. The summed E-state index contributed by atoms with van der Waals surface area (Å²) in [5.74, 6) is -2.28. The summed E-state index contributed by atoms with van der Waals surface area (Å²) in [6.45, 7) is -0.174. The number of rotatable bonds is 6. The van der Waals surface area contributed by atoms with E-state index in [0.29, 0.717) is 6.07 Å². The van der Waals surface area contributed by atoms with Gasteiger partial charge >= 0.3 is 0 Å². The monoisotopic (exact) mass is 279 g/mol. The minimum atomic E-state index is -3.86. The normalized spacial score (nSPS) is 13.6. The molecule has 0 heterocycles. The molecule has 2 N–H and O–H groups in total. The number of aliphatic hydroxyl groups excluding tert-OH is 1. The van der Waals surface area contributed by atoms with Crippen molar-refractivity contribution in [2.75, 3.05) is 19.4 Å². The van der Waals surface area contributed by atoms with E-state index in [2.05, 4.69) is 5.32 Å². The van der Waals surface area contributed by atoms with E-state index >= 15 is 0 Å². The van der Waals surface area contributed by atoms with Crippen molar-refractivity contribution < 1.29 is 22.3 Å². The lowest BCUT2D eigenvalue weighted by Gasteiger charge is -2.15. The van der Waals surface area contributed by atoms with Crippen LogP contribution >= 0.6 is 0 Å². The van der Waals surface area contributed by atoms with E-state index < -0.39 is 32.4 Å². The van der Waals surface area contributed by atoms with Gasteiger partial charge in [-0.2, -0.15) is 0 Å². The van der Waals surface area contributed by atoms with E-state index in [4.69, 9.17) is 5.11 Å². The molecule has 0 aliphatic heterocycles. The van der Waals surface area contributed by atoms with Crippen LogP contribution in [-0.4, -0.2) is 39.0 Å². The summed E-state index contributed by atoms with van der Waals surface area (Å²) in [7, 11) is -2.30. The maximum atomic E-state index is 13.4. The van der Waals surface area contributed by atoms with Crippen LogP contribution in [0.5, 0.6) is 0 Å². The lowest BCUT2D eigenvalue weighted by atomic mass is 10.2. The van der Waals surface area contributed by atoms with E-state index in [9.17, 15) is 17.2 Å². The number of nitrogens with one attached hydrogen (secondary N) is 1. The van der Waals surface area contributed by atoms with Gasteiger partial charge in [-0.05, 0) is 25.6 Å². The molecule has 0 aliphatic rings. The molecule has 0 aromatic heterocycles. The zero-order valence-electron chi connectivity index (χ0n) is 9.86. The molecule has 1 aromatic carbocycles. The smallest absolute Gasteiger partial charge is 0.182 e. The molecular weight excluding hydrogens is 264 g/mol. The number of hydrogen-bond donors (Lipinski definition) is 2. The molecule has 7 heteroatoms. The zero-order chi connectivity index (χ0) is 13.8. The Morgan fingerprint density at radius 2 is 2.06 bits per heavy atom. The van der Waals surface area contributed by atoms with Crippen LogP contribution in [0.3, 0.4) is 0 Å². The molecule has 0 spiro atoms. The second-order valence-electron chi connectivity index (χ2n) is 3.85. The van der Waals surface area contributed by atoms with Crippen LogP contribution in [0.2, 0.25) is 0 Å². The van der Waals surface area contributed by atoms with Gasteiger partial charge in [0, 0.05) is 18.7 Å². The molecule has 102 valence electrons. The van der Waals surface area contributed by atoms with E-state index in [1.807, 2.05) is 0 Å². The van der Waals surface area contributed by atoms with Crippen molar-refractivity contribution in [2.24, 2.45) is 0 Å². The highest BCUT2D eigenvalue weighted by Crippen LogP contribution is 2.18. The summed E-state index contributed by atoms with van der Waals surface area (Å²) in [4.78, 5) is -0.526. The van der Waals surface area contributed by atoms with Gasteiger partial charge in [0.25, 0.3) is 0 Å². The average molecular weight is 279 g/mol. The predicted octanol–water partition coefficient (Wildman–Crippen LogP) is 0.709. The minimum absolute atomic E-state index is 0.174. The molecule has 0 radical (unpaired) electrons. The van der Waals surface area contributed by atoms with Gasteiger partial charge in [0.2, 0.25) is 0 Å². The Balaban J connectivity index is 2.99. The minimum Gasteiger partial charge on any atom is -0.396 e. The highest BCUT2D eigenvalue weighted by Gasteiger charge is 2.23. The standard InChI is InChI=1S/C11H15F2NO3S/c1-14-9(4-5-15)7-18(16,17)11-3-2-8(12)6-10(11)13/h2-3,6,9,14-15H,4-5,7H2,1H3. The van der Waals surface area contributed by atoms with Crippen molar-refractivity contribution in [3.05, 3.63) is 29.8 Å². The molecular formula is C11H15F2NO3S. The van der Waals surface area contributed by atoms with E-state index in [1.54, 1.807) is 7.05 Å². The Bertz CT molecular complexity index is 505. The number of sulfone groups is 1. The Morgan fingerprint density at radius 1 is 1.39 bits per heavy atom. The van der Waals surface area contributed by atoms with Gasteiger partial charge in [-0.1, -0.05) is 0 Å². The molecule has 4 nitrogen and oxygen atoms in total. The molecule has 0 fully saturated rings. The molecule has 1 unspecified atom stereocenters. The molecule has 0 amide bonds. The maximum Gasteiger partial charge on any atom is 0.182 e. The first kappa shape index (κ1) is 15.0. The highest BCUT2D eigenvalue weighted by molar-refractivity contribution is 7.91. The van der Waals surface area contributed by atoms with Gasteiger partial charge in [-0.25, -0.2) is 17.2 Å². The second-order valence-corrected chi connectivity index (χ2v) is 5.86. The third-order valence-corrected chi connectivity index (χ3v) is 4.38. The van der Waals surface area contributed by atoms with Crippen LogP contribution in [0.15, 0.2) is 23.1 Å². The van der Waals surface area contributed by atoms with Crippen LogP contribution in [0, 0.1) is 11.6 Å². The van der Waals surface area contributed by atoms with Crippen molar-refractivity contribution in [3.63, 3.8) is 0 Å². The van der Waals surface area contributed by atoms with Gasteiger partial charge in [0.05, 0.1) is 5.75 Å². The lowest BCUT2D eigenvalue weighted by Crippen LogP contribution is -2.34. The molecule has 1 aromatic rings. The molecule has 0 saturated carbocycles. The summed E-state index contributed by atoms with van der Waals surface area (Å²) in [5, 5.41) is 11.5. The fraction of sp³-hybridized carbons (Fsp3) is 0.455. The number of halogens is 2. The number of aliphatic hydroxyl groups is 1. The number of benzene rings is 1. The van der Waals surface area contributed by atoms with Crippen molar-refractivity contribution in [1.82, 2.24) is 5.32 Å². The first-order valence-corrected chi connectivity index (χ1v) is 7.02. The summed E-state index contributed by atoms with van der Waals surface area (Å²) in [6.07, 6.45) is 0.235. The second kappa shape index (κ2) is 6.21. The molecule has 1 atom stereocenters. The number of hydrogen-bond acceptors (Lipinski definition) is 4. The molecule has 0 bridgehead atoms. The van der Waals surface area contributed by atoms with Crippen LogP contribution in [0.1, 0.15) is 6.42 Å². The summed E-state index contributed by atoms with van der Waals surface area (Å²) >= 11 is 0. The van der Waals surface area contributed by atoms with E-state index in [-0.39, 0.29) is 18.8 Å². The van der Waals surface area contributed by atoms with Crippen molar-refractivity contribution >= 4 is 9.84 Å². The van der Waals surface area contributed by atoms with Crippen molar-refractivity contribution in [3.8, 4) is 0 Å². The van der Waals surface area contributed by atoms with Crippen LogP contribution in [0.25, 0.3) is 0 Å². The average Bonchev–Trinajstić information content (AvgIpc) is 2.27. The predicted molar refractivity (Wildman–Crippen MR) is 63.0 cm³/mol. The van der Waals surface area contributed by atoms with Crippen molar-refractivity contribution in [1.29, 1.82) is 0 Å². The highest BCUT2D eigenvalue weighted by atomic mass is 32.2. The quantitative estimate of drug-likeness (QED) is 0.753. The van der Waals surface area contributed by atoms with Crippen LogP contribution < -0.4 is 5.32 Å². The van der Waals surface area contributed by atoms with Gasteiger partial charge in [-0.3, -0.25) is 0 Å². The van der Waals surface area contributed by atoms with Crippen LogP contribution in [0.4, 0.5) is 8.78 Å². The largest absolute Gasteiger partial charge is 0.396 e. The molecule has 1 rings (SSSR count). The molecule has 0 aliphatic carbocycles.